The second-order valence-electron chi connectivity index (χ2n) is 6.87. The quantitative estimate of drug-likeness (QED) is 0.373. The highest BCUT2D eigenvalue weighted by atomic mass is 35.5. The molecule has 1 aliphatic heterocycles. The summed E-state index contributed by atoms with van der Waals surface area (Å²) in [4.78, 5) is 31.5. The highest BCUT2D eigenvalue weighted by Gasteiger charge is 2.47. The minimum absolute atomic E-state index is 0.121. The number of carbonyl (C=O) groups excluding carboxylic acids is 2. The summed E-state index contributed by atoms with van der Waals surface area (Å²) in [6.45, 7) is 1.55. The third kappa shape index (κ3) is 3.35. The Morgan fingerprint density at radius 2 is 1.90 bits per heavy atom. The largest absolute Gasteiger partial charge is 0.507 e. The summed E-state index contributed by atoms with van der Waals surface area (Å²) in [5.41, 5.74) is 1.22. The zero-order valence-corrected chi connectivity index (χ0v) is 16.6. The van der Waals surface area contributed by atoms with E-state index in [-0.39, 0.29) is 11.1 Å². The monoisotopic (exact) mass is 422 g/mol. The van der Waals surface area contributed by atoms with E-state index in [4.69, 9.17) is 11.6 Å². The van der Waals surface area contributed by atoms with Crippen molar-refractivity contribution >= 4 is 34.7 Å². The summed E-state index contributed by atoms with van der Waals surface area (Å²) in [5, 5.41) is 11.4. The maximum absolute atomic E-state index is 13.7. The van der Waals surface area contributed by atoms with Crippen molar-refractivity contribution in [1.82, 2.24) is 4.98 Å². The Morgan fingerprint density at radius 1 is 1.10 bits per heavy atom. The topological polar surface area (TPSA) is 70.5 Å². The fourth-order valence-corrected chi connectivity index (χ4v) is 3.67. The number of anilines is 1. The van der Waals surface area contributed by atoms with Gasteiger partial charge >= 0.3 is 0 Å². The molecule has 0 spiro atoms. The van der Waals surface area contributed by atoms with E-state index in [0.717, 1.165) is 0 Å². The molecule has 0 aliphatic carbocycles. The fraction of sp³-hybridized carbons (Fsp3) is 0.0870. The number of ketones is 1. The van der Waals surface area contributed by atoms with Gasteiger partial charge in [-0.25, -0.2) is 4.39 Å². The van der Waals surface area contributed by atoms with Gasteiger partial charge in [0.2, 0.25) is 0 Å². The number of pyridine rings is 1. The second kappa shape index (κ2) is 7.72. The molecule has 1 fully saturated rings. The zero-order chi connectivity index (χ0) is 21.4. The number of rotatable bonds is 3. The van der Waals surface area contributed by atoms with Gasteiger partial charge in [-0.3, -0.25) is 19.5 Å². The Morgan fingerprint density at radius 3 is 2.57 bits per heavy atom. The Balaban J connectivity index is 1.95. The van der Waals surface area contributed by atoms with Crippen molar-refractivity contribution in [2.75, 3.05) is 4.90 Å². The molecule has 7 heteroatoms. The SMILES string of the molecule is Cc1cc(/C(O)=C2\C(=O)C(=O)N(c3cccc(Cl)c3)C2c2ccccn2)ccc1F. The van der Waals surface area contributed by atoms with E-state index in [0.29, 0.717) is 22.0 Å². The number of benzene rings is 2. The number of hydrogen-bond acceptors (Lipinski definition) is 4. The van der Waals surface area contributed by atoms with E-state index in [2.05, 4.69) is 4.98 Å². The van der Waals surface area contributed by atoms with Crippen LogP contribution in [0.4, 0.5) is 10.1 Å². The van der Waals surface area contributed by atoms with Gasteiger partial charge in [-0.2, -0.15) is 0 Å². The lowest BCUT2D eigenvalue weighted by Gasteiger charge is -2.24. The fourth-order valence-electron chi connectivity index (χ4n) is 3.49. The molecule has 1 amide bonds. The molecule has 5 nitrogen and oxygen atoms in total. The maximum Gasteiger partial charge on any atom is 0.300 e. The van der Waals surface area contributed by atoms with Gasteiger partial charge in [-0.15, -0.1) is 0 Å². The number of Topliss-reactive ketones (excluding diaryl/α,β-unsaturated/α-hetero) is 1. The van der Waals surface area contributed by atoms with Crippen LogP contribution >= 0.6 is 11.6 Å². The summed E-state index contributed by atoms with van der Waals surface area (Å²) in [5.74, 6) is -2.50. The van der Waals surface area contributed by atoms with Crippen LogP contribution in [0.2, 0.25) is 5.02 Å². The molecule has 1 aromatic heterocycles. The number of carbonyl (C=O) groups is 2. The lowest BCUT2D eigenvalue weighted by molar-refractivity contribution is -0.132. The van der Waals surface area contributed by atoms with Crippen LogP contribution in [0.3, 0.4) is 0 Å². The van der Waals surface area contributed by atoms with E-state index in [1.165, 1.54) is 29.3 Å². The van der Waals surface area contributed by atoms with Crippen LogP contribution in [0.5, 0.6) is 0 Å². The van der Waals surface area contributed by atoms with Crippen molar-refractivity contribution in [1.29, 1.82) is 0 Å². The molecule has 30 heavy (non-hydrogen) atoms. The molecule has 1 aliphatic rings. The van der Waals surface area contributed by atoms with Gasteiger partial charge < -0.3 is 5.11 Å². The molecular weight excluding hydrogens is 407 g/mol. The molecule has 0 radical (unpaired) electrons. The molecule has 150 valence electrons. The van der Waals surface area contributed by atoms with Crippen molar-refractivity contribution in [2.45, 2.75) is 13.0 Å². The van der Waals surface area contributed by atoms with E-state index >= 15 is 0 Å². The van der Waals surface area contributed by atoms with E-state index in [1.54, 1.807) is 49.4 Å². The number of halogens is 2. The van der Waals surface area contributed by atoms with Gasteiger partial charge in [-0.05, 0) is 61.0 Å². The van der Waals surface area contributed by atoms with Crippen LogP contribution < -0.4 is 4.90 Å². The van der Waals surface area contributed by atoms with Gasteiger partial charge in [-0.1, -0.05) is 23.7 Å². The molecular formula is C23H16ClFN2O3. The number of nitrogens with zero attached hydrogens (tertiary/aromatic N) is 2. The number of aliphatic hydroxyl groups excluding tert-OH is 1. The second-order valence-corrected chi connectivity index (χ2v) is 7.30. The van der Waals surface area contributed by atoms with Gasteiger partial charge in [0, 0.05) is 22.5 Å². The van der Waals surface area contributed by atoms with Crippen molar-refractivity contribution < 1.29 is 19.1 Å². The van der Waals surface area contributed by atoms with Crippen LogP contribution in [-0.2, 0) is 9.59 Å². The normalized spacial score (nSPS) is 18.1. The van der Waals surface area contributed by atoms with Crippen LogP contribution in [-0.4, -0.2) is 21.8 Å². The molecule has 1 N–H and O–H groups in total. The van der Waals surface area contributed by atoms with Crippen molar-refractivity contribution in [2.24, 2.45) is 0 Å². The highest BCUT2D eigenvalue weighted by molar-refractivity contribution is 6.51. The van der Waals surface area contributed by atoms with E-state index in [9.17, 15) is 19.1 Å². The molecule has 2 heterocycles. The Labute approximate surface area is 177 Å². The highest BCUT2D eigenvalue weighted by Crippen LogP contribution is 2.41. The van der Waals surface area contributed by atoms with Gasteiger partial charge in [0.25, 0.3) is 11.7 Å². The van der Waals surface area contributed by atoms with Gasteiger partial charge in [0.05, 0.1) is 11.3 Å². The lowest BCUT2D eigenvalue weighted by atomic mass is 9.97. The number of hydrogen-bond donors (Lipinski definition) is 1. The minimum atomic E-state index is -0.963. The molecule has 0 saturated carbocycles. The van der Waals surface area contributed by atoms with E-state index in [1.807, 2.05) is 0 Å². The van der Waals surface area contributed by atoms with Gasteiger partial charge in [0.15, 0.2) is 0 Å². The first-order chi connectivity index (χ1) is 14.4. The summed E-state index contributed by atoms with van der Waals surface area (Å²) in [7, 11) is 0. The number of aromatic nitrogens is 1. The number of aliphatic hydroxyl groups is 1. The average Bonchev–Trinajstić information content (AvgIpc) is 3.01. The zero-order valence-electron chi connectivity index (χ0n) is 15.8. The van der Waals surface area contributed by atoms with Crippen LogP contribution in [0.1, 0.15) is 22.9 Å². The maximum atomic E-state index is 13.7. The number of amides is 1. The van der Waals surface area contributed by atoms with Crippen molar-refractivity contribution in [3.63, 3.8) is 0 Å². The first-order valence-electron chi connectivity index (χ1n) is 9.12. The number of aryl methyl sites for hydroxylation is 1. The van der Waals surface area contributed by atoms with Crippen LogP contribution in [0, 0.1) is 12.7 Å². The summed E-state index contributed by atoms with van der Waals surface area (Å²) < 4.78 is 13.7. The molecule has 1 atom stereocenters. The lowest BCUT2D eigenvalue weighted by Crippen LogP contribution is -2.29. The Bertz CT molecular complexity index is 1190. The molecule has 3 aromatic rings. The molecule has 2 aromatic carbocycles. The first kappa shape index (κ1) is 19.8. The van der Waals surface area contributed by atoms with Crippen molar-refractivity contribution in [3.8, 4) is 0 Å². The predicted molar refractivity (Wildman–Crippen MR) is 112 cm³/mol. The molecule has 0 bridgehead atoms. The summed E-state index contributed by atoms with van der Waals surface area (Å²) >= 11 is 6.09. The standard InChI is InChI=1S/C23H16ClFN2O3/c1-13-11-14(8-9-17(13)25)21(28)19-20(18-7-2-3-10-26-18)27(23(30)22(19)29)16-6-4-5-15(24)12-16/h2-12,20,28H,1H3/b21-19+. The third-order valence-corrected chi connectivity index (χ3v) is 5.17. The molecule has 4 rings (SSSR count). The van der Waals surface area contributed by atoms with E-state index < -0.39 is 29.3 Å². The average molecular weight is 423 g/mol. The van der Waals surface area contributed by atoms with Gasteiger partial charge in [0.1, 0.15) is 17.6 Å². The first-order valence-corrected chi connectivity index (χ1v) is 9.50. The predicted octanol–water partition coefficient (Wildman–Crippen LogP) is 4.81. The molecule has 1 unspecified atom stereocenters. The minimum Gasteiger partial charge on any atom is -0.507 e. The summed E-state index contributed by atoms with van der Waals surface area (Å²) in [6, 6.07) is 14.6. The summed E-state index contributed by atoms with van der Waals surface area (Å²) in [6.07, 6.45) is 1.54. The van der Waals surface area contributed by atoms with Crippen LogP contribution in [0.25, 0.3) is 5.76 Å². The third-order valence-electron chi connectivity index (χ3n) is 4.93. The van der Waals surface area contributed by atoms with Crippen molar-refractivity contribution in [3.05, 3.63) is 100 Å². The Hall–Kier alpha value is -3.51. The Kier molecular flexibility index (Phi) is 5.10. The molecule has 1 saturated heterocycles. The van der Waals surface area contributed by atoms with Crippen LogP contribution in [0.15, 0.2) is 72.4 Å². The smallest absolute Gasteiger partial charge is 0.300 e.